The van der Waals surface area contributed by atoms with Crippen LogP contribution in [0, 0.1) is 0 Å². The average molecular weight is 277 g/mol. The van der Waals surface area contributed by atoms with Crippen LogP contribution in [0.25, 0.3) is 0 Å². The highest BCUT2D eigenvalue weighted by Gasteiger charge is 2.22. The number of hydrogen-bond acceptors (Lipinski definition) is 2. The fraction of sp³-hybridized carbons (Fsp3) is 0.800. The summed E-state index contributed by atoms with van der Waals surface area (Å²) in [4.78, 5) is 26.3. The molecule has 1 heterocycles. The third-order valence-corrected chi connectivity index (χ3v) is 2.94. The van der Waals surface area contributed by atoms with Gasteiger partial charge in [0.05, 0.1) is 11.4 Å². The minimum Gasteiger partial charge on any atom is -0.341 e. The number of nitrogens with zero attached hydrogens (tertiary/aromatic N) is 2. The number of halogens is 1. The summed E-state index contributed by atoms with van der Waals surface area (Å²) >= 11 is 3.20. The molecule has 0 aliphatic carbocycles. The molecule has 0 spiro atoms. The Morgan fingerprint density at radius 3 is 2.40 bits per heavy atom. The lowest BCUT2D eigenvalue weighted by Crippen LogP contribution is -2.41. The first-order valence-corrected chi connectivity index (χ1v) is 6.10. The van der Waals surface area contributed by atoms with Gasteiger partial charge in [-0.05, 0) is 19.8 Å². The second-order valence-corrected chi connectivity index (χ2v) is 5.27. The van der Waals surface area contributed by atoms with Crippen molar-refractivity contribution in [3.63, 3.8) is 0 Å². The van der Waals surface area contributed by atoms with Crippen molar-refractivity contribution in [2.24, 2.45) is 0 Å². The third-order valence-electron chi connectivity index (χ3n) is 2.55. The number of likely N-dealkylation sites (tertiary alicyclic amines) is 1. The lowest BCUT2D eigenvalue weighted by Gasteiger charge is -2.22. The van der Waals surface area contributed by atoms with E-state index in [0.29, 0.717) is 0 Å². The van der Waals surface area contributed by atoms with E-state index in [0.717, 1.165) is 25.9 Å². The van der Waals surface area contributed by atoms with Gasteiger partial charge in [0.25, 0.3) is 0 Å². The summed E-state index contributed by atoms with van der Waals surface area (Å²) in [5.74, 6) is -0.000882. The highest BCUT2D eigenvalue weighted by Crippen LogP contribution is 2.08. The Bertz CT molecular complexity index is 250. The lowest BCUT2D eigenvalue weighted by atomic mass is 10.4. The molecule has 4 nitrogen and oxygen atoms in total. The van der Waals surface area contributed by atoms with E-state index in [1.807, 2.05) is 4.90 Å². The lowest BCUT2D eigenvalue weighted by molar-refractivity contribution is -0.138. The van der Waals surface area contributed by atoms with E-state index in [2.05, 4.69) is 15.9 Å². The first-order chi connectivity index (χ1) is 7.02. The molecule has 1 atom stereocenters. The van der Waals surface area contributed by atoms with Gasteiger partial charge in [-0.15, -0.1) is 0 Å². The number of likely N-dealkylation sites (N-methyl/N-ethyl adjacent to an activating group) is 1. The molecule has 86 valence electrons. The first-order valence-electron chi connectivity index (χ1n) is 5.19. The minimum absolute atomic E-state index is 0.0523. The average Bonchev–Trinajstić information content (AvgIpc) is 2.68. The second-order valence-electron chi connectivity index (χ2n) is 3.90. The van der Waals surface area contributed by atoms with Crippen molar-refractivity contribution < 1.29 is 9.59 Å². The molecule has 0 saturated carbocycles. The van der Waals surface area contributed by atoms with Gasteiger partial charge < -0.3 is 9.80 Å². The topological polar surface area (TPSA) is 40.6 Å². The maximum atomic E-state index is 11.7. The summed E-state index contributed by atoms with van der Waals surface area (Å²) in [5, 5.41) is 0. The third kappa shape index (κ3) is 3.48. The van der Waals surface area contributed by atoms with Crippen molar-refractivity contribution in [1.29, 1.82) is 0 Å². The van der Waals surface area contributed by atoms with Crippen molar-refractivity contribution in [3.8, 4) is 0 Å². The second kappa shape index (κ2) is 5.49. The van der Waals surface area contributed by atoms with E-state index in [1.54, 1.807) is 14.0 Å². The van der Waals surface area contributed by atoms with Crippen LogP contribution in [0.4, 0.5) is 0 Å². The predicted molar refractivity (Wildman–Crippen MR) is 61.8 cm³/mol. The van der Waals surface area contributed by atoms with Crippen LogP contribution in [0.2, 0.25) is 0 Å². The van der Waals surface area contributed by atoms with E-state index in [4.69, 9.17) is 0 Å². The van der Waals surface area contributed by atoms with Crippen LogP contribution in [-0.4, -0.2) is 53.1 Å². The van der Waals surface area contributed by atoms with Gasteiger partial charge in [0.2, 0.25) is 11.8 Å². The molecule has 2 amide bonds. The van der Waals surface area contributed by atoms with Gasteiger partial charge in [-0.1, -0.05) is 15.9 Å². The van der Waals surface area contributed by atoms with Crippen LogP contribution >= 0.6 is 15.9 Å². The smallest absolute Gasteiger partial charge is 0.242 e. The minimum atomic E-state index is -0.228. The van der Waals surface area contributed by atoms with Gasteiger partial charge in [-0.25, -0.2) is 0 Å². The van der Waals surface area contributed by atoms with Crippen molar-refractivity contribution >= 4 is 27.7 Å². The van der Waals surface area contributed by atoms with E-state index in [9.17, 15) is 9.59 Å². The van der Waals surface area contributed by atoms with E-state index < -0.39 is 0 Å². The highest BCUT2D eigenvalue weighted by molar-refractivity contribution is 9.10. The largest absolute Gasteiger partial charge is 0.341 e. The van der Waals surface area contributed by atoms with Crippen molar-refractivity contribution in [1.82, 2.24) is 9.80 Å². The molecule has 15 heavy (non-hydrogen) atoms. The molecule has 0 aromatic rings. The van der Waals surface area contributed by atoms with Gasteiger partial charge in [0, 0.05) is 20.1 Å². The zero-order valence-corrected chi connectivity index (χ0v) is 10.8. The molecule has 0 aromatic heterocycles. The SMILES string of the molecule is CC(Br)C(=O)N(C)CC(=O)N1CCCC1. The van der Waals surface area contributed by atoms with Gasteiger partial charge in [-0.2, -0.15) is 0 Å². The van der Waals surface area contributed by atoms with Crippen LogP contribution in [0.15, 0.2) is 0 Å². The summed E-state index contributed by atoms with van der Waals surface area (Å²) in [6.07, 6.45) is 2.16. The zero-order valence-electron chi connectivity index (χ0n) is 9.20. The van der Waals surface area contributed by atoms with Crippen molar-refractivity contribution in [2.45, 2.75) is 24.6 Å². The molecule has 0 aromatic carbocycles. The molecule has 0 radical (unpaired) electrons. The quantitative estimate of drug-likeness (QED) is 0.718. The molecule has 1 saturated heterocycles. The predicted octanol–water partition coefficient (Wildman–Crippen LogP) is 0.851. The maximum Gasteiger partial charge on any atom is 0.242 e. The molecule has 1 aliphatic heterocycles. The Morgan fingerprint density at radius 2 is 1.93 bits per heavy atom. The van der Waals surface area contributed by atoms with Crippen LogP contribution < -0.4 is 0 Å². The summed E-state index contributed by atoms with van der Waals surface area (Å²) in [5.41, 5.74) is 0. The van der Waals surface area contributed by atoms with E-state index >= 15 is 0 Å². The molecular weight excluding hydrogens is 260 g/mol. The molecule has 1 unspecified atom stereocenters. The maximum absolute atomic E-state index is 11.7. The van der Waals surface area contributed by atoms with Gasteiger partial charge in [0.15, 0.2) is 0 Å². The number of amides is 2. The van der Waals surface area contributed by atoms with Gasteiger partial charge in [-0.3, -0.25) is 9.59 Å². The Morgan fingerprint density at radius 1 is 1.40 bits per heavy atom. The molecular formula is C10H17BrN2O2. The van der Waals surface area contributed by atoms with Crippen LogP contribution in [0.3, 0.4) is 0 Å². The summed E-state index contributed by atoms with van der Waals surface area (Å²) in [6, 6.07) is 0. The molecule has 1 aliphatic rings. The Balaban J connectivity index is 2.40. The Labute approximate surface area is 98.7 Å². The number of carbonyl (C=O) groups is 2. The molecule has 0 bridgehead atoms. The summed E-state index contributed by atoms with van der Waals surface area (Å²) in [6.45, 7) is 3.63. The highest BCUT2D eigenvalue weighted by atomic mass is 79.9. The van der Waals surface area contributed by atoms with E-state index in [-0.39, 0.29) is 23.2 Å². The normalized spacial score (nSPS) is 17.7. The van der Waals surface area contributed by atoms with Crippen LogP contribution in [0.5, 0.6) is 0 Å². The number of hydrogen-bond donors (Lipinski definition) is 0. The monoisotopic (exact) mass is 276 g/mol. The summed E-state index contributed by atoms with van der Waals surface area (Å²) < 4.78 is 0. The fourth-order valence-electron chi connectivity index (χ4n) is 1.65. The van der Waals surface area contributed by atoms with Gasteiger partial charge >= 0.3 is 0 Å². The summed E-state index contributed by atoms with van der Waals surface area (Å²) in [7, 11) is 1.66. The Hall–Kier alpha value is -0.580. The number of alkyl halides is 1. The van der Waals surface area contributed by atoms with Crippen molar-refractivity contribution in [3.05, 3.63) is 0 Å². The number of carbonyl (C=O) groups excluding carboxylic acids is 2. The fourth-order valence-corrected chi connectivity index (χ4v) is 2.00. The number of rotatable bonds is 3. The van der Waals surface area contributed by atoms with Crippen LogP contribution in [-0.2, 0) is 9.59 Å². The zero-order chi connectivity index (χ0) is 11.4. The molecule has 5 heteroatoms. The Kier molecular flexibility index (Phi) is 4.57. The molecule has 0 N–H and O–H groups in total. The van der Waals surface area contributed by atoms with Gasteiger partial charge in [0.1, 0.15) is 0 Å². The van der Waals surface area contributed by atoms with E-state index in [1.165, 1.54) is 4.90 Å². The first kappa shape index (κ1) is 12.5. The van der Waals surface area contributed by atoms with Crippen molar-refractivity contribution in [2.75, 3.05) is 26.7 Å². The molecule has 1 fully saturated rings. The van der Waals surface area contributed by atoms with Crippen LogP contribution in [0.1, 0.15) is 19.8 Å². The molecule has 1 rings (SSSR count). The standard InChI is InChI=1S/C10H17BrN2O2/c1-8(11)10(15)12(2)7-9(14)13-5-3-4-6-13/h8H,3-7H2,1-2H3.